The molecule has 0 bridgehead atoms. The van der Waals surface area contributed by atoms with Gasteiger partial charge in [0.05, 0.1) is 30.4 Å². The van der Waals surface area contributed by atoms with E-state index in [1.165, 1.54) is 11.4 Å². The van der Waals surface area contributed by atoms with E-state index in [0.29, 0.717) is 0 Å². The highest BCUT2D eigenvalue weighted by atomic mass is 16.3. The molecule has 1 spiro atoms. The zero-order chi connectivity index (χ0) is 13.4. The lowest BCUT2D eigenvalue weighted by Gasteiger charge is -2.43. The Hall–Kier alpha value is -1.59. The summed E-state index contributed by atoms with van der Waals surface area (Å²) < 4.78 is 5.44. The first-order valence-electron chi connectivity index (χ1n) is 7.38. The van der Waals surface area contributed by atoms with Crippen LogP contribution < -0.4 is 5.32 Å². The van der Waals surface area contributed by atoms with Crippen molar-refractivity contribution < 1.29 is 4.42 Å². The maximum absolute atomic E-state index is 5.44. The first-order chi connectivity index (χ1) is 9.86. The van der Waals surface area contributed by atoms with Crippen molar-refractivity contribution in [1.29, 1.82) is 0 Å². The number of hydrogen-bond acceptors (Lipinski definition) is 4. The van der Waals surface area contributed by atoms with Crippen molar-refractivity contribution in [3.05, 3.63) is 41.9 Å². The molecule has 0 saturated carbocycles. The van der Waals surface area contributed by atoms with Crippen LogP contribution in [-0.4, -0.2) is 34.5 Å². The van der Waals surface area contributed by atoms with Crippen LogP contribution in [0.15, 0.2) is 29.1 Å². The van der Waals surface area contributed by atoms with Crippen molar-refractivity contribution >= 4 is 0 Å². The van der Waals surface area contributed by atoms with E-state index in [1.54, 1.807) is 6.26 Å². The topological polar surface area (TPSA) is 57.1 Å². The number of fused-ring (bicyclic) bond motifs is 2. The summed E-state index contributed by atoms with van der Waals surface area (Å²) in [6.45, 7) is 4.13. The first kappa shape index (κ1) is 12.2. The number of aromatic nitrogens is 2. The minimum absolute atomic E-state index is 0.0905. The van der Waals surface area contributed by atoms with Gasteiger partial charge in [0.25, 0.3) is 0 Å². The zero-order valence-electron chi connectivity index (χ0n) is 11.6. The Balaban J connectivity index is 1.47. The van der Waals surface area contributed by atoms with Crippen molar-refractivity contribution in [3.8, 4) is 0 Å². The molecule has 4 heterocycles. The molecular formula is C15H20N4O. The highest BCUT2D eigenvalue weighted by Gasteiger charge is 2.41. The number of piperidine rings is 1. The van der Waals surface area contributed by atoms with E-state index in [-0.39, 0.29) is 5.54 Å². The summed E-state index contributed by atoms with van der Waals surface area (Å²) in [5.74, 6) is 1.05. The number of H-pyrrole nitrogens is 1. The summed E-state index contributed by atoms with van der Waals surface area (Å²) >= 11 is 0. The van der Waals surface area contributed by atoms with Gasteiger partial charge in [-0.1, -0.05) is 0 Å². The molecule has 2 aromatic rings. The molecule has 0 radical (unpaired) electrons. The van der Waals surface area contributed by atoms with Gasteiger partial charge in [-0.3, -0.25) is 4.90 Å². The quantitative estimate of drug-likeness (QED) is 0.872. The summed E-state index contributed by atoms with van der Waals surface area (Å²) in [6, 6.07) is 4.01. The third kappa shape index (κ3) is 1.98. The second-order valence-electron chi connectivity index (χ2n) is 5.84. The molecule has 2 aromatic heterocycles. The summed E-state index contributed by atoms with van der Waals surface area (Å²) in [7, 11) is 0. The van der Waals surface area contributed by atoms with Crippen LogP contribution in [-0.2, 0) is 18.5 Å². The third-order valence-electron chi connectivity index (χ3n) is 4.68. The second-order valence-corrected chi connectivity index (χ2v) is 5.84. The molecule has 4 rings (SSSR count). The summed E-state index contributed by atoms with van der Waals surface area (Å²) in [4.78, 5) is 10.3. The number of aromatic amines is 1. The van der Waals surface area contributed by atoms with Gasteiger partial charge in [-0.25, -0.2) is 4.98 Å². The normalized spacial score (nSPS) is 22.0. The smallest absolute Gasteiger partial charge is 0.117 e. The van der Waals surface area contributed by atoms with E-state index in [4.69, 9.17) is 4.42 Å². The molecular weight excluding hydrogens is 252 g/mol. The Morgan fingerprint density at radius 1 is 1.35 bits per heavy atom. The van der Waals surface area contributed by atoms with Crippen molar-refractivity contribution in [3.63, 3.8) is 0 Å². The lowest BCUT2D eigenvalue weighted by atomic mass is 9.81. The van der Waals surface area contributed by atoms with Gasteiger partial charge >= 0.3 is 0 Å². The molecule has 5 heteroatoms. The molecule has 5 nitrogen and oxygen atoms in total. The fourth-order valence-corrected chi connectivity index (χ4v) is 3.56. The van der Waals surface area contributed by atoms with Gasteiger partial charge in [-0.15, -0.1) is 0 Å². The monoisotopic (exact) mass is 272 g/mol. The number of nitrogens with one attached hydrogen (secondary N) is 2. The van der Waals surface area contributed by atoms with Crippen molar-refractivity contribution in [1.82, 2.24) is 20.2 Å². The van der Waals surface area contributed by atoms with Crippen LogP contribution in [0.3, 0.4) is 0 Å². The standard InChI is InChI=1S/C15H20N4O/c1-2-12(20-9-1)10-19-7-4-15(5-8-19)14-13(3-6-18-15)16-11-17-14/h1-2,9,11,18H,3-8,10H2,(H,16,17). The predicted octanol–water partition coefficient (Wildman–Crippen LogP) is 1.64. The van der Waals surface area contributed by atoms with Crippen LogP contribution in [0.4, 0.5) is 0 Å². The van der Waals surface area contributed by atoms with E-state index in [2.05, 4.69) is 26.3 Å². The molecule has 2 aliphatic heterocycles. The molecule has 0 aromatic carbocycles. The Morgan fingerprint density at radius 3 is 3.05 bits per heavy atom. The summed E-state index contributed by atoms with van der Waals surface area (Å²) in [5.41, 5.74) is 2.66. The SMILES string of the molecule is c1coc(CN2CCC3(CC2)NCCc2[nH]cnc23)c1. The van der Waals surface area contributed by atoms with E-state index >= 15 is 0 Å². The predicted molar refractivity (Wildman–Crippen MR) is 75.2 cm³/mol. The van der Waals surface area contributed by atoms with Crippen molar-refractivity contribution in [2.24, 2.45) is 0 Å². The first-order valence-corrected chi connectivity index (χ1v) is 7.38. The fourth-order valence-electron chi connectivity index (χ4n) is 3.56. The van der Waals surface area contributed by atoms with Crippen LogP contribution in [0.25, 0.3) is 0 Å². The summed E-state index contributed by atoms with van der Waals surface area (Å²) in [5, 5.41) is 3.72. The maximum atomic E-state index is 5.44. The van der Waals surface area contributed by atoms with Crippen molar-refractivity contribution in [2.45, 2.75) is 31.3 Å². The van der Waals surface area contributed by atoms with Gasteiger partial charge in [0.1, 0.15) is 5.76 Å². The zero-order valence-corrected chi connectivity index (χ0v) is 11.6. The van der Waals surface area contributed by atoms with E-state index < -0.39 is 0 Å². The number of nitrogens with zero attached hydrogens (tertiary/aromatic N) is 2. The molecule has 1 saturated heterocycles. The molecule has 2 N–H and O–H groups in total. The molecule has 0 unspecified atom stereocenters. The van der Waals surface area contributed by atoms with Gasteiger partial charge < -0.3 is 14.7 Å². The second kappa shape index (κ2) is 4.75. The van der Waals surface area contributed by atoms with Crippen LogP contribution in [0.2, 0.25) is 0 Å². The van der Waals surface area contributed by atoms with E-state index in [9.17, 15) is 0 Å². The van der Waals surface area contributed by atoms with Gasteiger partial charge in [-0.05, 0) is 25.0 Å². The molecule has 20 heavy (non-hydrogen) atoms. The molecule has 0 amide bonds. The molecule has 2 aliphatic rings. The van der Waals surface area contributed by atoms with Gasteiger partial charge in [0.2, 0.25) is 0 Å². The highest BCUT2D eigenvalue weighted by molar-refractivity contribution is 5.26. The Morgan fingerprint density at radius 2 is 2.25 bits per heavy atom. The van der Waals surface area contributed by atoms with E-state index in [1.807, 2.05) is 12.4 Å². The minimum Gasteiger partial charge on any atom is -0.468 e. The van der Waals surface area contributed by atoms with E-state index in [0.717, 1.165) is 51.2 Å². The minimum atomic E-state index is 0.0905. The van der Waals surface area contributed by atoms with Gasteiger partial charge in [-0.2, -0.15) is 0 Å². The van der Waals surface area contributed by atoms with Crippen LogP contribution in [0.1, 0.15) is 30.0 Å². The largest absolute Gasteiger partial charge is 0.468 e. The van der Waals surface area contributed by atoms with Crippen molar-refractivity contribution in [2.75, 3.05) is 19.6 Å². The molecule has 0 atom stereocenters. The van der Waals surface area contributed by atoms with Crippen LogP contribution in [0, 0.1) is 0 Å². The fraction of sp³-hybridized carbons (Fsp3) is 0.533. The van der Waals surface area contributed by atoms with Crippen LogP contribution in [0.5, 0.6) is 0 Å². The number of rotatable bonds is 2. The number of furan rings is 1. The number of hydrogen-bond donors (Lipinski definition) is 2. The molecule has 1 fully saturated rings. The lowest BCUT2D eigenvalue weighted by Crippen LogP contribution is -2.54. The number of imidazole rings is 1. The lowest BCUT2D eigenvalue weighted by molar-refractivity contribution is 0.115. The Kier molecular flexibility index (Phi) is 2.89. The average molecular weight is 272 g/mol. The Bertz CT molecular complexity index is 566. The number of likely N-dealkylation sites (tertiary alicyclic amines) is 1. The third-order valence-corrected chi connectivity index (χ3v) is 4.68. The summed E-state index contributed by atoms with van der Waals surface area (Å²) in [6.07, 6.45) is 6.89. The maximum Gasteiger partial charge on any atom is 0.117 e. The van der Waals surface area contributed by atoms with Gasteiger partial charge in [0, 0.05) is 31.7 Å². The van der Waals surface area contributed by atoms with Crippen LogP contribution >= 0.6 is 0 Å². The molecule has 106 valence electrons. The molecule has 0 aliphatic carbocycles. The Labute approximate surface area is 118 Å². The average Bonchev–Trinajstić information content (AvgIpc) is 3.13. The van der Waals surface area contributed by atoms with Gasteiger partial charge in [0.15, 0.2) is 0 Å². The highest BCUT2D eigenvalue weighted by Crippen LogP contribution is 2.36.